The van der Waals surface area contributed by atoms with Crippen LogP contribution in [0.5, 0.6) is 0 Å². The summed E-state index contributed by atoms with van der Waals surface area (Å²) in [7, 11) is 0. The number of carbonyl (C=O) groups excluding carboxylic acids is 2. The molecule has 9 nitrogen and oxygen atoms in total. The zero-order valence-electron chi connectivity index (χ0n) is 18.5. The van der Waals surface area contributed by atoms with Gasteiger partial charge < -0.3 is 26.4 Å². The Hall–Kier alpha value is -1.71. The third kappa shape index (κ3) is 11.8. The predicted molar refractivity (Wildman–Crippen MR) is 113 cm³/mol. The quantitative estimate of drug-likeness (QED) is 0.199. The van der Waals surface area contributed by atoms with Gasteiger partial charge in [0.1, 0.15) is 0 Å². The third-order valence-electron chi connectivity index (χ3n) is 4.69. The van der Waals surface area contributed by atoms with Crippen LogP contribution < -0.4 is 21.3 Å². The molecule has 3 atom stereocenters. The van der Waals surface area contributed by atoms with E-state index >= 15 is 0 Å². The Labute approximate surface area is 174 Å². The Balaban J connectivity index is 2.44. The number of hydrogen-bond donors (Lipinski definition) is 5. The van der Waals surface area contributed by atoms with Crippen LogP contribution >= 0.6 is 0 Å². The highest BCUT2D eigenvalue weighted by atomic mass is 16.4. The van der Waals surface area contributed by atoms with Crippen LogP contribution in [0.1, 0.15) is 53.9 Å². The average Bonchev–Trinajstić information content (AvgIpc) is 3.43. The van der Waals surface area contributed by atoms with Crippen LogP contribution in [0.25, 0.3) is 0 Å². The molecule has 0 spiro atoms. The molecular formula is C20H39N5O4. The van der Waals surface area contributed by atoms with Gasteiger partial charge in [0.15, 0.2) is 0 Å². The Kier molecular flexibility index (Phi) is 10.6. The lowest BCUT2D eigenvalue weighted by Crippen LogP contribution is -2.55. The van der Waals surface area contributed by atoms with Crippen LogP contribution in [0.2, 0.25) is 0 Å². The number of carboxylic acid groups (broad SMARTS) is 1. The molecule has 0 aromatic carbocycles. The van der Waals surface area contributed by atoms with Crippen LogP contribution in [0, 0.1) is 0 Å². The van der Waals surface area contributed by atoms with Crippen LogP contribution in [0.4, 0.5) is 0 Å². The van der Waals surface area contributed by atoms with Crippen LogP contribution in [0.3, 0.4) is 0 Å². The zero-order chi connectivity index (χ0) is 22.0. The largest absolute Gasteiger partial charge is 0.481 e. The summed E-state index contributed by atoms with van der Waals surface area (Å²) in [5, 5.41) is 21.1. The molecule has 1 aliphatic heterocycles. The Morgan fingerprint density at radius 3 is 2.03 bits per heavy atom. The van der Waals surface area contributed by atoms with Crippen LogP contribution in [-0.2, 0) is 14.4 Å². The van der Waals surface area contributed by atoms with Gasteiger partial charge in [-0.1, -0.05) is 6.92 Å². The van der Waals surface area contributed by atoms with Crippen molar-refractivity contribution in [1.82, 2.24) is 26.2 Å². The molecule has 0 aromatic rings. The first-order valence-electron chi connectivity index (χ1n) is 10.5. The topological polar surface area (TPSA) is 123 Å². The first-order chi connectivity index (χ1) is 13.5. The summed E-state index contributed by atoms with van der Waals surface area (Å²) in [5.41, 5.74) is -0.175. The van der Waals surface area contributed by atoms with E-state index in [1.54, 1.807) is 0 Å². The van der Waals surface area contributed by atoms with Gasteiger partial charge in [0.25, 0.3) is 0 Å². The molecule has 2 amide bonds. The van der Waals surface area contributed by atoms with E-state index in [9.17, 15) is 14.4 Å². The molecule has 0 bridgehead atoms. The molecule has 1 fully saturated rings. The molecule has 0 saturated carbocycles. The maximum atomic E-state index is 12.5. The highest BCUT2D eigenvalue weighted by molar-refractivity contribution is 5.83. The van der Waals surface area contributed by atoms with Gasteiger partial charge >= 0.3 is 5.97 Å². The minimum atomic E-state index is -0.926. The monoisotopic (exact) mass is 413 g/mol. The number of nitrogens with zero attached hydrogens (tertiary/aromatic N) is 1. The van der Waals surface area contributed by atoms with Gasteiger partial charge in [0.05, 0.1) is 12.1 Å². The van der Waals surface area contributed by atoms with Gasteiger partial charge in [0, 0.05) is 50.7 Å². The summed E-state index contributed by atoms with van der Waals surface area (Å²) in [4.78, 5) is 38.0. The molecule has 5 N–H and O–H groups in total. The van der Waals surface area contributed by atoms with Crippen molar-refractivity contribution in [2.75, 3.05) is 32.7 Å². The summed E-state index contributed by atoms with van der Waals surface area (Å²) in [6.45, 7) is 13.4. The molecule has 29 heavy (non-hydrogen) atoms. The van der Waals surface area contributed by atoms with Crippen molar-refractivity contribution in [3.05, 3.63) is 0 Å². The summed E-state index contributed by atoms with van der Waals surface area (Å²) in [6.07, 6.45) is 0.992. The van der Waals surface area contributed by atoms with Gasteiger partial charge in [0.2, 0.25) is 11.8 Å². The molecular weight excluding hydrogens is 374 g/mol. The standard InChI is InChI=1S/C20H39N5O4/c1-6-14(2)23-15(7-8-17(26)27)18(28)21-9-10-22-19(29)16(13-25-11-12-25)24-20(3,4)5/h14-16,23-24H,6-13H2,1-5H3,(H,21,28)(H,22,29)(H,26,27)/t14?,15-,16-/m0/s1. The molecule has 1 unspecified atom stereocenters. The van der Waals surface area contributed by atoms with E-state index in [-0.39, 0.29) is 42.3 Å². The molecule has 0 radical (unpaired) electrons. The van der Waals surface area contributed by atoms with Gasteiger partial charge in [-0.05, 0) is 40.5 Å². The molecule has 0 aromatic heterocycles. The Morgan fingerprint density at radius 2 is 1.59 bits per heavy atom. The summed E-state index contributed by atoms with van der Waals surface area (Å²) in [6, 6.07) is -0.751. The zero-order valence-corrected chi connectivity index (χ0v) is 18.5. The van der Waals surface area contributed by atoms with Crippen LogP contribution in [-0.4, -0.2) is 84.2 Å². The first kappa shape index (κ1) is 25.3. The van der Waals surface area contributed by atoms with E-state index < -0.39 is 12.0 Å². The van der Waals surface area contributed by atoms with Crippen molar-refractivity contribution in [3.8, 4) is 0 Å². The third-order valence-corrected chi connectivity index (χ3v) is 4.69. The van der Waals surface area contributed by atoms with Crippen molar-refractivity contribution >= 4 is 17.8 Å². The second-order valence-electron chi connectivity index (χ2n) is 8.79. The van der Waals surface area contributed by atoms with Crippen LogP contribution in [0.15, 0.2) is 0 Å². The van der Waals surface area contributed by atoms with Crippen molar-refractivity contribution in [2.24, 2.45) is 0 Å². The van der Waals surface area contributed by atoms with E-state index in [1.807, 2.05) is 34.6 Å². The number of hydrogen-bond acceptors (Lipinski definition) is 6. The fourth-order valence-corrected chi connectivity index (χ4v) is 2.87. The lowest BCUT2D eigenvalue weighted by molar-refractivity contribution is -0.137. The Morgan fingerprint density at radius 1 is 1.03 bits per heavy atom. The summed E-state index contributed by atoms with van der Waals surface area (Å²) < 4.78 is 0. The number of amides is 2. The Bertz CT molecular complexity index is 545. The average molecular weight is 414 g/mol. The van der Waals surface area contributed by atoms with Crippen molar-refractivity contribution < 1.29 is 19.5 Å². The van der Waals surface area contributed by atoms with E-state index in [0.717, 1.165) is 19.5 Å². The number of carboxylic acids is 1. The molecule has 168 valence electrons. The number of aliphatic carboxylic acids is 1. The van der Waals surface area contributed by atoms with Crippen molar-refractivity contribution in [2.45, 2.75) is 77.5 Å². The van der Waals surface area contributed by atoms with Gasteiger partial charge in [-0.15, -0.1) is 0 Å². The SMILES string of the molecule is CCC(C)N[C@@H](CCC(=O)O)C(=O)NCCNC(=O)[C@H](CN1CC1)NC(C)(C)C. The maximum Gasteiger partial charge on any atom is 0.303 e. The van der Waals surface area contributed by atoms with E-state index in [4.69, 9.17) is 5.11 Å². The molecule has 1 aliphatic rings. The molecule has 1 saturated heterocycles. The van der Waals surface area contributed by atoms with Gasteiger partial charge in [-0.3, -0.25) is 19.3 Å². The van der Waals surface area contributed by atoms with Gasteiger partial charge in [-0.25, -0.2) is 0 Å². The highest BCUT2D eigenvalue weighted by Crippen LogP contribution is 2.08. The van der Waals surface area contributed by atoms with Crippen molar-refractivity contribution in [3.63, 3.8) is 0 Å². The lowest BCUT2D eigenvalue weighted by Gasteiger charge is -2.28. The number of nitrogens with one attached hydrogen (secondary N) is 4. The first-order valence-corrected chi connectivity index (χ1v) is 10.5. The fraction of sp³-hybridized carbons (Fsp3) is 0.850. The minimum Gasteiger partial charge on any atom is -0.481 e. The van der Waals surface area contributed by atoms with E-state index in [1.165, 1.54) is 0 Å². The number of rotatable bonds is 14. The highest BCUT2D eigenvalue weighted by Gasteiger charge is 2.29. The lowest BCUT2D eigenvalue weighted by atomic mass is 10.1. The van der Waals surface area contributed by atoms with E-state index in [2.05, 4.69) is 26.2 Å². The van der Waals surface area contributed by atoms with E-state index in [0.29, 0.717) is 19.6 Å². The number of carbonyl (C=O) groups is 3. The molecule has 0 aliphatic carbocycles. The fourth-order valence-electron chi connectivity index (χ4n) is 2.87. The second kappa shape index (κ2) is 12.1. The second-order valence-corrected chi connectivity index (χ2v) is 8.79. The smallest absolute Gasteiger partial charge is 0.303 e. The van der Waals surface area contributed by atoms with Gasteiger partial charge in [-0.2, -0.15) is 0 Å². The van der Waals surface area contributed by atoms with Crippen molar-refractivity contribution in [1.29, 1.82) is 0 Å². The maximum absolute atomic E-state index is 12.5. The predicted octanol–water partition coefficient (Wildman–Crippen LogP) is -0.0874. The summed E-state index contributed by atoms with van der Waals surface area (Å²) in [5.74, 6) is -1.25. The molecule has 1 rings (SSSR count). The normalized spacial score (nSPS) is 17.3. The summed E-state index contributed by atoms with van der Waals surface area (Å²) >= 11 is 0. The molecule has 1 heterocycles. The molecule has 9 heteroatoms. The minimum absolute atomic E-state index is 0.0745.